The van der Waals surface area contributed by atoms with Crippen LogP contribution >= 0.6 is 11.8 Å². The minimum Gasteiger partial charge on any atom is -0.497 e. The summed E-state index contributed by atoms with van der Waals surface area (Å²) < 4.78 is 5.30. The number of ether oxygens (including phenoxy) is 1. The van der Waals surface area contributed by atoms with Crippen LogP contribution in [0.5, 0.6) is 5.75 Å². The molecule has 1 unspecified atom stereocenters. The van der Waals surface area contributed by atoms with Gasteiger partial charge in [0.15, 0.2) is 0 Å². The maximum Gasteiger partial charge on any atom is 0.211 e. The fraction of sp³-hybridized carbons (Fsp3) is 0.562. The van der Waals surface area contributed by atoms with Crippen LogP contribution in [-0.2, 0) is 4.79 Å². The van der Waals surface area contributed by atoms with Crippen LogP contribution in [0, 0.1) is 5.92 Å². The van der Waals surface area contributed by atoms with E-state index in [1.54, 1.807) is 7.11 Å². The van der Waals surface area contributed by atoms with Crippen molar-refractivity contribution in [1.29, 1.82) is 0 Å². The molecule has 3 nitrogen and oxygen atoms in total. The Morgan fingerprint density at radius 2 is 2.20 bits per heavy atom. The molecule has 0 saturated heterocycles. The molecule has 1 aliphatic rings. The van der Waals surface area contributed by atoms with Gasteiger partial charge >= 0.3 is 0 Å². The molecule has 1 fully saturated rings. The highest BCUT2D eigenvalue weighted by Crippen LogP contribution is 2.39. The van der Waals surface area contributed by atoms with Gasteiger partial charge < -0.3 is 9.64 Å². The topological polar surface area (TPSA) is 29.5 Å². The van der Waals surface area contributed by atoms with Crippen LogP contribution in [0.4, 0.5) is 5.69 Å². The second-order valence-corrected chi connectivity index (χ2v) is 6.29. The fourth-order valence-electron chi connectivity index (χ4n) is 2.54. The van der Waals surface area contributed by atoms with Crippen LogP contribution in [0.3, 0.4) is 0 Å². The lowest BCUT2D eigenvalue weighted by molar-refractivity contribution is -0.112. The summed E-state index contributed by atoms with van der Waals surface area (Å²) in [6, 6.07) is 8.01. The molecule has 0 radical (unpaired) electrons. The summed E-state index contributed by atoms with van der Waals surface area (Å²) >= 11 is 1.44. The molecule has 1 saturated carbocycles. The number of carbonyl (C=O) groups is 1. The molecule has 0 amide bonds. The van der Waals surface area contributed by atoms with Crippen molar-refractivity contribution in [3.63, 3.8) is 0 Å². The van der Waals surface area contributed by atoms with E-state index in [9.17, 15) is 4.79 Å². The lowest BCUT2D eigenvalue weighted by atomic mass is 10.1. The predicted molar refractivity (Wildman–Crippen MR) is 85.7 cm³/mol. The van der Waals surface area contributed by atoms with Gasteiger partial charge in [-0.15, -0.1) is 0 Å². The monoisotopic (exact) mass is 293 g/mol. The van der Waals surface area contributed by atoms with Crippen LogP contribution in [-0.4, -0.2) is 30.6 Å². The normalized spacial score (nSPS) is 15.8. The molecule has 0 N–H and O–H groups in total. The van der Waals surface area contributed by atoms with Crippen molar-refractivity contribution in [2.75, 3.05) is 24.3 Å². The average molecular weight is 293 g/mol. The number of anilines is 1. The molecule has 0 spiro atoms. The first-order valence-electron chi connectivity index (χ1n) is 7.28. The third-order valence-corrected chi connectivity index (χ3v) is 4.47. The number of methoxy groups -OCH3 is 1. The molecule has 1 aromatic carbocycles. The smallest absolute Gasteiger partial charge is 0.211 e. The summed E-state index contributed by atoms with van der Waals surface area (Å²) in [4.78, 5) is 14.7. The predicted octanol–water partition coefficient (Wildman–Crippen LogP) is 3.58. The van der Waals surface area contributed by atoms with E-state index in [1.165, 1.54) is 24.6 Å². The second kappa shape index (κ2) is 7.02. The Labute approximate surface area is 125 Å². The zero-order valence-corrected chi connectivity index (χ0v) is 13.3. The number of hydrogen-bond donors (Lipinski definition) is 0. The maximum absolute atomic E-state index is 12.4. The van der Waals surface area contributed by atoms with Gasteiger partial charge in [-0.1, -0.05) is 24.8 Å². The van der Waals surface area contributed by atoms with Gasteiger partial charge in [0.2, 0.25) is 5.12 Å². The SMILES string of the molecule is CCSC(=O)C(C1CC1)N(CC)c1cccc(OC)c1. The lowest BCUT2D eigenvalue weighted by Crippen LogP contribution is -2.42. The molecule has 2 rings (SSSR count). The van der Waals surface area contributed by atoms with E-state index in [4.69, 9.17) is 4.74 Å². The Balaban J connectivity index is 2.25. The number of hydrogen-bond acceptors (Lipinski definition) is 4. The van der Waals surface area contributed by atoms with Crippen LogP contribution in [0.15, 0.2) is 24.3 Å². The van der Waals surface area contributed by atoms with E-state index in [2.05, 4.69) is 17.9 Å². The van der Waals surface area contributed by atoms with E-state index in [1.807, 2.05) is 25.1 Å². The maximum atomic E-state index is 12.4. The number of nitrogens with zero attached hydrogens (tertiary/aromatic N) is 1. The first kappa shape index (κ1) is 15.2. The van der Waals surface area contributed by atoms with E-state index in [0.29, 0.717) is 11.0 Å². The zero-order valence-electron chi connectivity index (χ0n) is 12.5. The highest BCUT2D eigenvalue weighted by Gasteiger charge is 2.39. The molecule has 0 aromatic heterocycles. The quantitative estimate of drug-likeness (QED) is 0.768. The van der Waals surface area contributed by atoms with Crippen molar-refractivity contribution in [1.82, 2.24) is 0 Å². The first-order chi connectivity index (χ1) is 9.71. The molecule has 0 bridgehead atoms. The van der Waals surface area contributed by atoms with Gasteiger partial charge in [-0.25, -0.2) is 0 Å². The van der Waals surface area contributed by atoms with Gasteiger partial charge in [-0.2, -0.15) is 0 Å². The molecule has 1 atom stereocenters. The molecule has 1 aromatic rings. The van der Waals surface area contributed by atoms with E-state index >= 15 is 0 Å². The van der Waals surface area contributed by atoms with Gasteiger partial charge in [0, 0.05) is 18.3 Å². The van der Waals surface area contributed by atoms with Crippen LogP contribution < -0.4 is 9.64 Å². The minimum atomic E-state index is 0.0112. The fourth-order valence-corrected chi connectivity index (χ4v) is 3.32. The zero-order chi connectivity index (χ0) is 14.5. The lowest BCUT2D eigenvalue weighted by Gasteiger charge is -2.31. The second-order valence-electron chi connectivity index (χ2n) is 5.02. The number of benzene rings is 1. The number of carbonyl (C=O) groups excluding carboxylic acids is 1. The van der Waals surface area contributed by atoms with Crippen LogP contribution in [0.25, 0.3) is 0 Å². The average Bonchev–Trinajstić information content (AvgIpc) is 3.29. The van der Waals surface area contributed by atoms with Gasteiger partial charge in [0.05, 0.1) is 7.11 Å². The van der Waals surface area contributed by atoms with E-state index < -0.39 is 0 Å². The highest BCUT2D eigenvalue weighted by molar-refractivity contribution is 8.13. The summed E-state index contributed by atoms with van der Waals surface area (Å²) in [6.45, 7) is 4.98. The van der Waals surface area contributed by atoms with Crippen molar-refractivity contribution in [2.45, 2.75) is 32.7 Å². The van der Waals surface area contributed by atoms with Gasteiger partial charge in [-0.3, -0.25) is 4.79 Å². The largest absolute Gasteiger partial charge is 0.497 e. The number of thioether (sulfide) groups is 1. The first-order valence-corrected chi connectivity index (χ1v) is 8.27. The third-order valence-electron chi connectivity index (χ3n) is 3.66. The van der Waals surface area contributed by atoms with E-state index in [0.717, 1.165) is 23.7 Å². The summed E-state index contributed by atoms with van der Waals surface area (Å²) in [5, 5.41) is 0.305. The Bertz CT molecular complexity index is 460. The Kier molecular flexibility index (Phi) is 5.35. The van der Waals surface area contributed by atoms with Crippen molar-refractivity contribution in [3.05, 3.63) is 24.3 Å². The molecule has 110 valence electrons. The summed E-state index contributed by atoms with van der Waals surface area (Å²) in [5.41, 5.74) is 1.08. The molecular formula is C16H23NO2S. The van der Waals surface area contributed by atoms with Crippen LogP contribution in [0.1, 0.15) is 26.7 Å². The minimum absolute atomic E-state index is 0.0112. The highest BCUT2D eigenvalue weighted by atomic mass is 32.2. The molecular weight excluding hydrogens is 270 g/mol. The summed E-state index contributed by atoms with van der Waals surface area (Å²) in [6.07, 6.45) is 2.34. The van der Waals surface area contributed by atoms with Crippen molar-refractivity contribution < 1.29 is 9.53 Å². The summed E-state index contributed by atoms with van der Waals surface area (Å²) in [7, 11) is 1.67. The Hall–Kier alpha value is -1.16. The van der Waals surface area contributed by atoms with E-state index in [-0.39, 0.29) is 6.04 Å². The van der Waals surface area contributed by atoms with Crippen LogP contribution in [0.2, 0.25) is 0 Å². The third kappa shape index (κ3) is 3.48. The molecule has 0 aliphatic heterocycles. The van der Waals surface area contributed by atoms with Gasteiger partial charge in [-0.05, 0) is 43.6 Å². The van der Waals surface area contributed by atoms with Crippen molar-refractivity contribution in [3.8, 4) is 5.75 Å². The molecule has 1 aliphatic carbocycles. The van der Waals surface area contributed by atoms with Crippen molar-refractivity contribution >= 4 is 22.6 Å². The van der Waals surface area contributed by atoms with Crippen molar-refractivity contribution in [2.24, 2.45) is 5.92 Å². The Morgan fingerprint density at radius 3 is 2.75 bits per heavy atom. The van der Waals surface area contributed by atoms with Gasteiger partial charge in [0.1, 0.15) is 11.8 Å². The Morgan fingerprint density at radius 1 is 1.45 bits per heavy atom. The molecule has 20 heavy (non-hydrogen) atoms. The number of likely N-dealkylation sites (N-methyl/N-ethyl adjacent to an activating group) is 1. The van der Waals surface area contributed by atoms with Gasteiger partial charge in [0.25, 0.3) is 0 Å². The number of rotatable bonds is 7. The molecule has 0 heterocycles. The summed E-state index contributed by atoms with van der Waals surface area (Å²) in [5.74, 6) is 2.20. The standard InChI is InChI=1S/C16H23NO2S/c1-4-17(13-7-6-8-14(11-13)19-3)15(12-9-10-12)16(18)20-5-2/h6-8,11-12,15H,4-5,9-10H2,1-3H3. The molecule has 4 heteroatoms.